The maximum absolute atomic E-state index is 13.6. The second-order valence-electron chi connectivity index (χ2n) is 9.58. The van der Waals surface area contributed by atoms with E-state index in [0.29, 0.717) is 40.3 Å². The molecule has 0 spiro atoms. The van der Waals surface area contributed by atoms with Gasteiger partial charge in [0.05, 0.1) is 30.3 Å². The van der Waals surface area contributed by atoms with Crippen molar-refractivity contribution >= 4 is 11.9 Å². The molecule has 3 aromatic rings. The largest absolute Gasteiger partial charge is 0.481 e. The van der Waals surface area contributed by atoms with Gasteiger partial charge in [0.2, 0.25) is 12.2 Å². The van der Waals surface area contributed by atoms with Crippen molar-refractivity contribution in [3.8, 4) is 22.6 Å². The fourth-order valence-electron chi connectivity index (χ4n) is 4.24. The number of benzene rings is 1. The number of ether oxygens (including phenoxy) is 2. The number of rotatable bonds is 5. The zero-order valence-electron chi connectivity index (χ0n) is 19.7. The number of halogens is 1. The molecule has 0 aliphatic carbocycles. The van der Waals surface area contributed by atoms with Crippen LogP contribution < -0.4 is 4.90 Å². The predicted molar refractivity (Wildman–Crippen MR) is 126 cm³/mol. The number of imidazole rings is 1. The van der Waals surface area contributed by atoms with Crippen LogP contribution in [0.1, 0.15) is 38.8 Å². The van der Waals surface area contributed by atoms with Gasteiger partial charge < -0.3 is 24.5 Å². The lowest BCUT2D eigenvalue weighted by Crippen LogP contribution is -2.42. The van der Waals surface area contributed by atoms with Crippen molar-refractivity contribution in [2.75, 3.05) is 31.2 Å². The van der Waals surface area contributed by atoms with Crippen LogP contribution in [-0.4, -0.2) is 57.3 Å². The van der Waals surface area contributed by atoms with Gasteiger partial charge in [-0.3, -0.25) is 4.79 Å². The zero-order chi connectivity index (χ0) is 24.6. The topological polar surface area (TPSA) is 113 Å². The predicted octanol–water partition coefficient (Wildman–Crippen LogP) is 4.05. The zero-order valence-corrected chi connectivity index (χ0v) is 19.7. The molecule has 5 rings (SSSR count). The van der Waals surface area contributed by atoms with E-state index in [2.05, 4.69) is 21.8 Å². The Bertz CT molecular complexity index is 1200. The van der Waals surface area contributed by atoms with E-state index in [1.165, 1.54) is 12.1 Å². The van der Waals surface area contributed by atoms with Crippen LogP contribution in [0.25, 0.3) is 22.6 Å². The molecule has 2 N–H and O–H groups in total. The molecule has 10 heteroatoms. The molecule has 0 radical (unpaired) electrons. The fourth-order valence-corrected chi connectivity index (χ4v) is 4.24. The number of nitrogens with one attached hydrogen (secondary N) is 1. The molecule has 2 aliphatic heterocycles. The first-order valence-corrected chi connectivity index (χ1v) is 11.7. The Morgan fingerprint density at radius 3 is 2.49 bits per heavy atom. The number of carbonyl (C=O) groups is 1. The van der Waals surface area contributed by atoms with Crippen LogP contribution in [0.3, 0.4) is 0 Å². The van der Waals surface area contributed by atoms with Gasteiger partial charge in [-0.1, -0.05) is 6.92 Å². The number of carboxylic acids is 1. The molecular formula is C25H28FN5O4. The highest BCUT2D eigenvalue weighted by Crippen LogP contribution is 2.36. The molecule has 0 atom stereocenters. The third-order valence-corrected chi connectivity index (χ3v) is 6.65. The van der Waals surface area contributed by atoms with Gasteiger partial charge in [0.15, 0.2) is 5.82 Å². The maximum Gasteiger partial charge on any atom is 0.314 e. The van der Waals surface area contributed by atoms with Gasteiger partial charge in [-0.25, -0.2) is 19.3 Å². The van der Waals surface area contributed by atoms with Gasteiger partial charge in [-0.2, -0.15) is 0 Å². The van der Waals surface area contributed by atoms with Gasteiger partial charge in [0.1, 0.15) is 11.2 Å². The van der Waals surface area contributed by atoms with Crippen LogP contribution in [0.5, 0.6) is 0 Å². The van der Waals surface area contributed by atoms with Gasteiger partial charge in [-0.15, -0.1) is 0 Å². The molecule has 9 nitrogen and oxygen atoms in total. The number of piperidine rings is 1. The maximum atomic E-state index is 13.6. The van der Waals surface area contributed by atoms with E-state index in [1.807, 2.05) is 0 Å². The van der Waals surface area contributed by atoms with Crippen LogP contribution >= 0.6 is 0 Å². The lowest BCUT2D eigenvalue weighted by Gasteiger charge is -2.33. The highest BCUT2D eigenvalue weighted by molar-refractivity contribution is 5.77. The van der Waals surface area contributed by atoms with E-state index in [4.69, 9.17) is 19.4 Å². The van der Waals surface area contributed by atoms with Crippen molar-refractivity contribution < 1.29 is 23.8 Å². The monoisotopic (exact) mass is 481 g/mol. The highest BCUT2D eigenvalue weighted by atomic mass is 19.1. The average Bonchev–Trinajstić information content (AvgIpc) is 3.31. The third-order valence-electron chi connectivity index (χ3n) is 6.65. The van der Waals surface area contributed by atoms with Crippen LogP contribution in [0.4, 0.5) is 10.3 Å². The standard InChI is InChI=1S/C25H28FN5O4/c1-15-8-11-31(12-9-15)24-27-10-7-18(28-24)20-19(16-3-5-17(26)6-4-16)29-21(30-20)22-34-13-25(2,14-35-22)23(32)33/h3-7,10,15,22H,8-9,11-14H2,1-2H3,(H,29,30)(H,32,33). The van der Waals surface area contributed by atoms with Gasteiger partial charge in [-0.05, 0) is 56.0 Å². The summed E-state index contributed by atoms with van der Waals surface area (Å²) in [6.07, 6.45) is 3.04. The van der Waals surface area contributed by atoms with Crippen molar-refractivity contribution in [3.05, 3.63) is 48.2 Å². The van der Waals surface area contributed by atoms with Crippen LogP contribution in [0.2, 0.25) is 0 Å². The van der Waals surface area contributed by atoms with E-state index in [1.54, 1.807) is 31.3 Å². The summed E-state index contributed by atoms with van der Waals surface area (Å²) in [6.45, 7) is 5.60. The Balaban J connectivity index is 1.49. The molecule has 1 aromatic carbocycles. The molecule has 2 aliphatic rings. The molecule has 2 fully saturated rings. The highest BCUT2D eigenvalue weighted by Gasteiger charge is 2.41. The molecule has 0 bridgehead atoms. The minimum atomic E-state index is -1.13. The summed E-state index contributed by atoms with van der Waals surface area (Å²) in [5, 5.41) is 9.44. The molecule has 0 saturated carbocycles. The van der Waals surface area contributed by atoms with Crippen molar-refractivity contribution in [2.45, 2.75) is 33.0 Å². The number of aromatic amines is 1. The van der Waals surface area contributed by atoms with E-state index in [0.717, 1.165) is 25.9 Å². The summed E-state index contributed by atoms with van der Waals surface area (Å²) in [5.41, 5.74) is 1.40. The second-order valence-corrected chi connectivity index (χ2v) is 9.58. The number of nitrogens with zero attached hydrogens (tertiary/aromatic N) is 4. The summed E-state index contributed by atoms with van der Waals surface area (Å²) in [7, 11) is 0. The SMILES string of the molecule is CC1CCN(c2nccc(-c3[nH]c(C4OCC(C)(C(=O)O)CO4)nc3-c3ccc(F)cc3)n2)CC1. The number of hydrogen-bond donors (Lipinski definition) is 2. The minimum absolute atomic E-state index is 0.0139. The molecule has 0 amide bonds. The van der Waals surface area contributed by atoms with E-state index < -0.39 is 17.7 Å². The molecule has 2 saturated heterocycles. The number of aliphatic carboxylic acids is 1. The van der Waals surface area contributed by atoms with Gasteiger partial charge in [0.25, 0.3) is 0 Å². The quantitative estimate of drug-likeness (QED) is 0.561. The van der Waals surface area contributed by atoms with E-state index >= 15 is 0 Å². The molecule has 4 heterocycles. The Kier molecular flexibility index (Phi) is 6.24. The Labute approximate surface area is 202 Å². The molecular weight excluding hydrogens is 453 g/mol. The van der Waals surface area contributed by atoms with E-state index in [-0.39, 0.29) is 19.0 Å². The van der Waals surface area contributed by atoms with Crippen molar-refractivity contribution in [3.63, 3.8) is 0 Å². The molecule has 35 heavy (non-hydrogen) atoms. The Morgan fingerprint density at radius 1 is 1.14 bits per heavy atom. The number of anilines is 1. The second kappa shape index (κ2) is 9.35. The minimum Gasteiger partial charge on any atom is -0.481 e. The number of carboxylic acid groups (broad SMARTS) is 1. The number of hydrogen-bond acceptors (Lipinski definition) is 7. The van der Waals surface area contributed by atoms with Crippen LogP contribution in [0, 0.1) is 17.2 Å². The van der Waals surface area contributed by atoms with Gasteiger partial charge in [0, 0.05) is 24.8 Å². The van der Waals surface area contributed by atoms with E-state index in [9.17, 15) is 14.3 Å². The molecule has 0 unspecified atom stereocenters. The molecule has 184 valence electrons. The summed E-state index contributed by atoms with van der Waals surface area (Å²) in [5.74, 6) is 0.398. The average molecular weight is 482 g/mol. The lowest BCUT2D eigenvalue weighted by atomic mass is 9.92. The molecule has 2 aromatic heterocycles. The third kappa shape index (κ3) is 4.76. The number of aromatic nitrogens is 4. The first-order chi connectivity index (χ1) is 16.8. The van der Waals surface area contributed by atoms with Crippen molar-refractivity contribution in [2.24, 2.45) is 11.3 Å². The summed E-state index contributed by atoms with van der Waals surface area (Å²) >= 11 is 0. The summed E-state index contributed by atoms with van der Waals surface area (Å²) in [6, 6.07) is 7.85. The Hall–Kier alpha value is -3.37. The fraction of sp³-hybridized carbons (Fsp3) is 0.440. The summed E-state index contributed by atoms with van der Waals surface area (Å²) < 4.78 is 25.1. The first-order valence-electron chi connectivity index (χ1n) is 11.7. The van der Waals surface area contributed by atoms with Crippen molar-refractivity contribution in [1.82, 2.24) is 19.9 Å². The number of H-pyrrole nitrogens is 1. The first kappa shape index (κ1) is 23.4. The van der Waals surface area contributed by atoms with Crippen LogP contribution in [-0.2, 0) is 14.3 Å². The lowest BCUT2D eigenvalue weighted by molar-refractivity contribution is -0.236. The normalized spacial score (nSPS) is 23.4. The Morgan fingerprint density at radius 2 is 1.83 bits per heavy atom. The smallest absolute Gasteiger partial charge is 0.314 e. The summed E-state index contributed by atoms with van der Waals surface area (Å²) in [4.78, 5) is 31.0. The van der Waals surface area contributed by atoms with Crippen LogP contribution in [0.15, 0.2) is 36.5 Å². The van der Waals surface area contributed by atoms with Crippen molar-refractivity contribution in [1.29, 1.82) is 0 Å². The van der Waals surface area contributed by atoms with Gasteiger partial charge >= 0.3 is 5.97 Å².